The Labute approximate surface area is 77.9 Å². The zero-order chi connectivity index (χ0) is 10.3. The van der Waals surface area contributed by atoms with E-state index in [9.17, 15) is 9.59 Å². The summed E-state index contributed by atoms with van der Waals surface area (Å²) in [7, 11) is 0. The van der Waals surface area contributed by atoms with Crippen LogP contribution in [0.3, 0.4) is 0 Å². The van der Waals surface area contributed by atoms with E-state index in [1.165, 1.54) is 6.92 Å². The second-order valence-corrected chi connectivity index (χ2v) is 3.06. The van der Waals surface area contributed by atoms with Gasteiger partial charge in [-0.3, -0.25) is 9.59 Å². The molecule has 13 heavy (non-hydrogen) atoms. The second-order valence-electron chi connectivity index (χ2n) is 3.06. The van der Waals surface area contributed by atoms with Gasteiger partial charge in [0.1, 0.15) is 0 Å². The van der Waals surface area contributed by atoms with Crippen LogP contribution in [0.15, 0.2) is 0 Å². The summed E-state index contributed by atoms with van der Waals surface area (Å²) in [5.74, 6) is -1.25. The first-order valence-electron chi connectivity index (χ1n) is 4.41. The third kappa shape index (κ3) is 7.31. The summed E-state index contributed by atoms with van der Waals surface area (Å²) in [6.45, 7) is 3.52. The summed E-state index contributed by atoms with van der Waals surface area (Å²) in [5, 5.41) is 8.54. The fourth-order valence-electron chi connectivity index (χ4n) is 1.13. The van der Waals surface area contributed by atoms with Gasteiger partial charge in [-0.15, -0.1) is 0 Å². The molecule has 0 saturated heterocycles. The Kier molecular flexibility index (Phi) is 5.93. The number of rotatable bonds is 6. The van der Waals surface area contributed by atoms with Crippen LogP contribution in [-0.4, -0.2) is 23.7 Å². The summed E-state index contributed by atoms with van der Waals surface area (Å²) in [6, 6.07) is 0. The first kappa shape index (κ1) is 11.9. The summed E-state index contributed by atoms with van der Waals surface area (Å²) in [5.41, 5.74) is 0. The molecule has 0 radical (unpaired) electrons. The van der Waals surface area contributed by atoms with Gasteiger partial charge in [0.05, 0.1) is 13.0 Å². The number of carboxylic acids is 1. The van der Waals surface area contributed by atoms with E-state index in [1.807, 2.05) is 6.92 Å². The predicted octanol–water partition coefficient (Wildman–Crippen LogP) is 1.44. The van der Waals surface area contributed by atoms with Gasteiger partial charge in [-0.2, -0.15) is 0 Å². The minimum atomic E-state index is -0.842. The van der Waals surface area contributed by atoms with Crippen molar-refractivity contribution >= 4 is 11.9 Å². The highest BCUT2D eigenvalue weighted by Gasteiger charge is 2.13. The average Bonchev–Trinajstić information content (AvgIpc) is 1.99. The average molecular weight is 188 g/mol. The van der Waals surface area contributed by atoms with Crippen molar-refractivity contribution in [3.8, 4) is 0 Å². The molecule has 0 unspecified atom stereocenters. The Morgan fingerprint density at radius 2 is 2.08 bits per heavy atom. The topological polar surface area (TPSA) is 63.6 Å². The van der Waals surface area contributed by atoms with Crippen LogP contribution in [0.2, 0.25) is 0 Å². The van der Waals surface area contributed by atoms with Gasteiger partial charge in [0.15, 0.2) is 0 Å². The van der Waals surface area contributed by atoms with E-state index in [4.69, 9.17) is 9.84 Å². The van der Waals surface area contributed by atoms with Gasteiger partial charge in [0.25, 0.3) is 0 Å². The van der Waals surface area contributed by atoms with Gasteiger partial charge < -0.3 is 9.84 Å². The van der Waals surface area contributed by atoms with Crippen molar-refractivity contribution in [1.82, 2.24) is 0 Å². The molecule has 0 saturated carbocycles. The first-order valence-corrected chi connectivity index (χ1v) is 4.41. The number of ether oxygens (including phenoxy) is 1. The Hall–Kier alpha value is -1.06. The second kappa shape index (κ2) is 6.46. The molecule has 0 fully saturated rings. The molecule has 0 rings (SSSR count). The lowest BCUT2D eigenvalue weighted by Crippen LogP contribution is -2.16. The Bertz CT molecular complexity index is 176. The molecule has 0 bridgehead atoms. The smallest absolute Gasteiger partial charge is 0.303 e. The molecular formula is C9H16O4. The molecule has 4 nitrogen and oxygen atoms in total. The molecule has 0 aromatic carbocycles. The van der Waals surface area contributed by atoms with Crippen LogP contribution in [0.4, 0.5) is 0 Å². The number of carbonyl (C=O) groups is 2. The van der Waals surface area contributed by atoms with E-state index in [0.29, 0.717) is 0 Å². The molecule has 0 aliphatic carbocycles. The van der Waals surface area contributed by atoms with Crippen molar-refractivity contribution < 1.29 is 19.4 Å². The van der Waals surface area contributed by atoms with Crippen LogP contribution < -0.4 is 0 Å². The first-order chi connectivity index (χ1) is 6.06. The fraction of sp³-hybridized carbons (Fsp3) is 0.778. The monoisotopic (exact) mass is 188 g/mol. The third-order valence-electron chi connectivity index (χ3n) is 1.68. The molecule has 0 aliphatic rings. The molecule has 0 spiro atoms. The van der Waals surface area contributed by atoms with Crippen LogP contribution in [0.25, 0.3) is 0 Å². The lowest BCUT2D eigenvalue weighted by molar-refractivity contribution is -0.145. The highest BCUT2D eigenvalue weighted by Crippen LogP contribution is 2.11. The maximum Gasteiger partial charge on any atom is 0.303 e. The summed E-state index contributed by atoms with van der Waals surface area (Å²) in [6.07, 6.45) is 1.75. The van der Waals surface area contributed by atoms with E-state index in [1.54, 1.807) is 0 Å². The molecule has 0 heterocycles. The van der Waals surface area contributed by atoms with Crippen molar-refractivity contribution in [2.75, 3.05) is 6.61 Å². The van der Waals surface area contributed by atoms with Crippen molar-refractivity contribution in [1.29, 1.82) is 0 Å². The minimum absolute atomic E-state index is 0.0496. The van der Waals surface area contributed by atoms with Gasteiger partial charge in [-0.05, 0) is 6.42 Å². The quantitative estimate of drug-likeness (QED) is 0.640. The molecular weight excluding hydrogens is 172 g/mol. The number of hydrogen-bond acceptors (Lipinski definition) is 3. The summed E-state index contributed by atoms with van der Waals surface area (Å²) >= 11 is 0. The van der Waals surface area contributed by atoms with E-state index in [0.717, 1.165) is 12.8 Å². The van der Waals surface area contributed by atoms with E-state index >= 15 is 0 Å². The zero-order valence-corrected chi connectivity index (χ0v) is 8.08. The minimum Gasteiger partial charge on any atom is -0.481 e. The van der Waals surface area contributed by atoms with Crippen molar-refractivity contribution in [3.05, 3.63) is 0 Å². The molecule has 1 atom stereocenters. The summed E-state index contributed by atoms with van der Waals surface area (Å²) < 4.78 is 4.76. The van der Waals surface area contributed by atoms with Crippen molar-refractivity contribution in [3.63, 3.8) is 0 Å². The van der Waals surface area contributed by atoms with Crippen molar-refractivity contribution in [2.24, 2.45) is 5.92 Å². The standard InChI is InChI=1S/C9H16O4/c1-3-4-8(5-9(11)12)6-13-7(2)10/h8H,3-6H2,1-2H3,(H,11,12)/t8-/m1/s1. The highest BCUT2D eigenvalue weighted by atomic mass is 16.5. The van der Waals surface area contributed by atoms with Gasteiger partial charge in [-0.25, -0.2) is 0 Å². The maximum absolute atomic E-state index is 10.5. The predicted molar refractivity (Wildman–Crippen MR) is 47.3 cm³/mol. The number of carboxylic acid groups (broad SMARTS) is 1. The van der Waals surface area contributed by atoms with E-state index in [-0.39, 0.29) is 24.9 Å². The molecule has 0 amide bonds. The molecule has 1 N–H and O–H groups in total. The number of hydrogen-bond donors (Lipinski definition) is 1. The van der Waals surface area contributed by atoms with E-state index < -0.39 is 5.97 Å². The van der Waals surface area contributed by atoms with Gasteiger partial charge in [0.2, 0.25) is 0 Å². The molecule has 0 aromatic heterocycles. The molecule has 0 aromatic rings. The lowest BCUT2D eigenvalue weighted by Gasteiger charge is -2.12. The van der Waals surface area contributed by atoms with Crippen LogP contribution in [0.1, 0.15) is 33.1 Å². The van der Waals surface area contributed by atoms with Crippen LogP contribution in [-0.2, 0) is 14.3 Å². The van der Waals surface area contributed by atoms with Crippen LogP contribution in [0, 0.1) is 5.92 Å². The number of carbonyl (C=O) groups excluding carboxylic acids is 1. The number of aliphatic carboxylic acids is 1. The van der Waals surface area contributed by atoms with Crippen molar-refractivity contribution in [2.45, 2.75) is 33.1 Å². The zero-order valence-electron chi connectivity index (χ0n) is 8.08. The van der Waals surface area contributed by atoms with Crippen LogP contribution >= 0.6 is 0 Å². The molecule has 0 aliphatic heterocycles. The highest BCUT2D eigenvalue weighted by molar-refractivity contribution is 5.67. The maximum atomic E-state index is 10.5. The Morgan fingerprint density at radius 1 is 1.46 bits per heavy atom. The fourth-order valence-corrected chi connectivity index (χ4v) is 1.13. The lowest BCUT2D eigenvalue weighted by atomic mass is 10.0. The van der Waals surface area contributed by atoms with E-state index in [2.05, 4.69) is 0 Å². The third-order valence-corrected chi connectivity index (χ3v) is 1.68. The SMILES string of the molecule is CCC[C@@H](COC(C)=O)CC(=O)O. The van der Waals surface area contributed by atoms with Gasteiger partial charge in [0, 0.05) is 12.8 Å². The number of esters is 1. The molecule has 4 heteroatoms. The van der Waals surface area contributed by atoms with Gasteiger partial charge >= 0.3 is 11.9 Å². The van der Waals surface area contributed by atoms with Crippen LogP contribution in [0.5, 0.6) is 0 Å². The Balaban J connectivity index is 3.79. The Morgan fingerprint density at radius 3 is 2.46 bits per heavy atom. The van der Waals surface area contributed by atoms with Gasteiger partial charge in [-0.1, -0.05) is 13.3 Å². The summed E-state index contributed by atoms with van der Waals surface area (Å²) in [4.78, 5) is 20.9. The normalized spacial score (nSPS) is 12.2. The molecule has 76 valence electrons. The largest absolute Gasteiger partial charge is 0.481 e.